The lowest BCUT2D eigenvalue weighted by molar-refractivity contribution is -0.121. The minimum absolute atomic E-state index is 0.0877. The smallest absolute Gasteiger partial charge is 0.221 e. The van der Waals surface area contributed by atoms with E-state index in [1.54, 1.807) is 0 Å². The van der Waals surface area contributed by atoms with Gasteiger partial charge in [0.15, 0.2) is 0 Å². The summed E-state index contributed by atoms with van der Waals surface area (Å²) in [6.45, 7) is 3.64. The van der Waals surface area contributed by atoms with Crippen molar-refractivity contribution in [2.75, 3.05) is 19.7 Å². The van der Waals surface area contributed by atoms with Crippen molar-refractivity contribution in [3.8, 4) is 0 Å². The predicted octanol–water partition coefficient (Wildman–Crippen LogP) is -0.127. The first-order chi connectivity index (χ1) is 6.72. The standard InChI is InChI=1S/C10H20N2O2/c1-8(7-13)6-12-10(14)5-9-3-2-4-11-9/h8-9,11,13H,2-7H2,1H3,(H,12,14). The van der Waals surface area contributed by atoms with Gasteiger partial charge in [-0.05, 0) is 25.3 Å². The van der Waals surface area contributed by atoms with E-state index in [0.29, 0.717) is 19.0 Å². The number of amides is 1. The zero-order valence-electron chi connectivity index (χ0n) is 8.75. The summed E-state index contributed by atoms with van der Waals surface area (Å²) in [6.07, 6.45) is 2.84. The normalized spacial score (nSPS) is 23.4. The lowest BCUT2D eigenvalue weighted by Gasteiger charge is -2.12. The van der Waals surface area contributed by atoms with Crippen LogP contribution in [-0.2, 0) is 4.79 Å². The molecule has 0 saturated carbocycles. The average molecular weight is 200 g/mol. The largest absolute Gasteiger partial charge is 0.396 e. The molecule has 4 nitrogen and oxygen atoms in total. The second-order valence-corrected chi connectivity index (χ2v) is 4.09. The molecule has 1 aliphatic heterocycles. The van der Waals surface area contributed by atoms with Gasteiger partial charge >= 0.3 is 0 Å². The molecule has 1 rings (SSSR count). The Morgan fingerprint density at radius 1 is 1.71 bits per heavy atom. The molecule has 0 aliphatic carbocycles. The minimum Gasteiger partial charge on any atom is -0.396 e. The van der Waals surface area contributed by atoms with Gasteiger partial charge in [-0.3, -0.25) is 4.79 Å². The van der Waals surface area contributed by atoms with Gasteiger partial charge in [0.25, 0.3) is 0 Å². The highest BCUT2D eigenvalue weighted by Crippen LogP contribution is 2.08. The van der Waals surface area contributed by atoms with E-state index in [1.807, 2.05) is 6.92 Å². The summed E-state index contributed by atoms with van der Waals surface area (Å²) < 4.78 is 0. The fourth-order valence-electron chi connectivity index (χ4n) is 1.58. The highest BCUT2D eigenvalue weighted by atomic mass is 16.3. The zero-order chi connectivity index (χ0) is 10.4. The van der Waals surface area contributed by atoms with E-state index >= 15 is 0 Å². The summed E-state index contributed by atoms with van der Waals surface area (Å²) in [4.78, 5) is 11.4. The fraction of sp³-hybridized carbons (Fsp3) is 0.900. The first kappa shape index (κ1) is 11.5. The zero-order valence-corrected chi connectivity index (χ0v) is 8.75. The Hall–Kier alpha value is -0.610. The van der Waals surface area contributed by atoms with Crippen molar-refractivity contribution in [1.29, 1.82) is 0 Å². The molecule has 1 fully saturated rings. The molecule has 0 aromatic carbocycles. The topological polar surface area (TPSA) is 61.4 Å². The van der Waals surface area contributed by atoms with Crippen LogP contribution in [0.2, 0.25) is 0 Å². The van der Waals surface area contributed by atoms with Gasteiger partial charge in [0.1, 0.15) is 0 Å². The Labute approximate surface area is 85.1 Å². The lowest BCUT2D eigenvalue weighted by Crippen LogP contribution is -2.34. The first-order valence-electron chi connectivity index (χ1n) is 5.33. The molecule has 0 bridgehead atoms. The third-order valence-electron chi connectivity index (χ3n) is 2.55. The number of hydrogen-bond donors (Lipinski definition) is 3. The molecular formula is C10H20N2O2. The molecule has 2 unspecified atom stereocenters. The highest BCUT2D eigenvalue weighted by Gasteiger charge is 2.17. The van der Waals surface area contributed by atoms with Crippen molar-refractivity contribution in [2.24, 2.45) is 5.92 Å². The van der Waals surface area contributed by atoms with Gasteiger partial charge in [-0.25, -0.2) is 0 Å². The second-order valence-electron chi connectivity index (χ2n) is 4.09. The Morgan fingerprint density at radius 3 is 3.07 bits per heavy atom. The Balaban J connectivity index is 2.09. The number of aliphatic hydroxyl groups excluding tert-OH is 1. The van der Waals surface area contributed by atoms with Gasteiger partial charge < -0.3 is 15.7 Å². The first-order valence-corrected chi connectivity index (χ1v) is 5.33. The molecule has 0 aromatic heterocycles. The molecule has 14 heavy (non-hydrogen) atoms. The molecule has 82 valence electrons. The van der Waals surface area contributed by atoms with Crippen molar-refractivity contribution < 1.29 is 9.90 Å². The van der Waals surface area contributed by atoms with Crippen LogP contribution in [0.4, 0.5) is 0 Å². The van der Waals surface area contributed by atoms with E-state index in [2.05, 4.69) is 10.6 Å². The number of rotatable bonds is 5. The van der Waals surface area contributed by atoms with Crippen LogP contribution in [0.5, 0.6) is 0 Å². The van der Waals surface area contributed by atoms with Crippen LogP contribution in [-0.4, -0.2) is 36.8 Å². The average Bonchev–Trinajstić information content (AvgIpc) is 2.66. The van der Waals surface area contributed by atoms with Crippen molar-refractivity contribution >= 4 is 5.91 Å². The summed E-state index contributed by atoms with van der Waals surface area (Å²) in [7, 11) is 0. The molecule has 3 N–H and O–H groups in total. The molecule has 0 aromatic rings. The SMILES string of the molecule is CC(CO)CNC(=O)CC1CCCN1. The van der Waals surface area contributed by atoms with Gasteiger partial charge in [0.05, 0.1) is 0 Å². The molecule has 0 spiro atoms. The van der Waals surface area contributed by atoms with Crippen molar-refractivity contribution in [3.63, 3.8) is 0 Å². The van der Waals surface area contributed by atoms with Crippen LogP contribution in [0.1, 0.15) is 26.2 Å². The van der Waals surface area contributed by atoms with Crippen molar-refractivity contribution in [2.45, 2.75) is 32.2 Å². The quantitative estimate of drug-likeness (QED) is 0.579. The van der Waals surface area contributed by atoms with Gasteiger partial charge in [0, 0.05) is 25.6 Å². The lowest BCUT2D eigenvalue weighted by atomic mass is 10.1. The summed E-state index contributed by atoms with van der Waals surface area (Å²) in [5, 5.41) is 14.9. The van der Waals surface area contributed by atoms with E-state index in [9.17, 15) is 4.79 Å². The maximum Gasteiger partial charge on any atom is 0.221 e. The Bertz CT molecular complexity index is 179. The van der Waals surface area contributed by atoms with Gasteiger partial charge in [-0.1, -0.05) is 6.92 Å². The van der Waals surface area contributed by atoms with E-state index < -0.39 is 0 Å². The van der Waals surface area contributed by atoms with Crippen LogP contribution in [0.25, 0.3) is 0 Å². The maximum atomic E-state index is 11.4. The number of carbonyl (C=O) groups is 1. The second kappa shape index (κ2) is 5.98. The van der Waals surface area contributed by atoms with Gasteiger partial charge in [-0.2, -0.15) is 0 Å². The van der Waals surface area contributed by atoms with Crippen molar-refractivity contribution in [1.82, 2.24) is 10.6 Å². The Kier molecular flexibility index (Phi) is 4.90. The molecular weight excluding hydrogens is 180 g/mol. The number of carbonyl (C=O) groups excluding carboxylic acids is 1. The minimum atomic E-state index is 0.0877. The highest BCUT2D eigenvalue weighted by molar-refractivity contribution is 5.76. The van der Waals surface area contributed by atoms with Gasteiger partial charge in [-0.15, -0.1) is 0 Å². The predicted molar refractivity (Wildman–Crippen MR) is 54.9 cm³/mol. The molecule has 1 heterocycles. The van der Waals surface area contributed by atoms with E-state index in [4.69, 9.17) is 5.11 Å². The van der Waals surface area contributed by atoms with Crippen LogP contribution >= 0.6 is 0 Å². The van der Waals surface area contributed by atoms with Gasteiger partial charge in [0.2, 0.25) is 5.91 Å². The maximum absolute atomic E-state index is 11.4. The van der Waals surface area contributed by atoms with E-state index in [1.165, 1.54) is 6.42 Å². The monoisotopic (exact) mass is 200 g/mol. The number of hydrogen-bond acceptors (Lipinski definition) is 3. The number of nitrogens with one attached hydrogen (secondary N) is 2. The number of aliphatic hydroxyl groups is 1. The van der Waals surface area contributed by atoms with E-state index in [-0.39, 0.29) is 18.4 Å². The molecule has 1 amide bonds. The van der Waals surface area contributed by atoms with Crippen LogP contribution in [0.3, 0.4) is 0 Å². The third kappa shape index (κ3) is 4.07. The van der Waals surface area contributed by atoms with Crippen LogP contribution in [0, 0.1) is 5.92 Å². The third-order valence-corrected chi connectivity index (χ3v) is 2.55. The summed E-state index contributed by atoms with van der Waals surface area (Å²) >= 11 is 0. The van der Waals surface area contributed by atoms with Crippen LogP contribution < -0.4 is 10.6 Å². The molecule has 0 radical (unpaired) electrons. The van der Waals surface area contributed by atoms with E-state index in [0.717, 1.165) is 13.0 Å². The Morgan fingerprint density at radius 2 is 2.50 bits per heavy atom. The molecule has 1 aliphatic rings. The van der Waals surface area contributed by atoms with Crippen molar-refractivity contribution in [3.05, 3.63) is 0 Å². The molecule has 4 heteroatoms. The summed E-state index contributed by atoms with van der Waals surface area (Å²) in [6, 6.07) is 0.361. The fourth-order valence-corrected chi connectivity index (χ4v) is 1.58. The summed E-state index contributed by atoms with van der Waals surface area (Å²) in [5.41, 5.74) is 0. The molecule has 1 saturated heterocycles. The van der Waals surface area contributed by atoms with Crippen LogP contribution in [0.15, 0.2) is 0 Å². The molecule has 2 atom stereocenters. The summed E-state index contributed by atoms with van der Waals surface area (Å²) in [5.74, 6) is 0.236.